The van der Waals surface area contributed by atoms with E-state index in [1.54, 1.807) is 36.4 Å². The van der Waals surface area contributed by atoms with Crippen LogP contribution in [-0.4, -0.2) is 20.8 Å². The minimum absolute atomic E-state index is 0.0258. The number of halogens is 1. The predicted octanol–water partition coefficient (Wildman–Crippen LogP) is 3.47. The van der Waals surface area contributed by atoms with Gasteiger partial charge in [-0.1, -0.05) is 41.9 Å². The van der Waals surface area contributed by atoms with Gasteiger partial charge in [0.25, 0.3) is 0 Å². The maximum atomic E-state index is 12.1. The number of hydrazine groups is 1. The molecule has 1 heterocycles. The van der Waals surface area contributed by atoms with Gasteiger partial charge in [0.15, 0.2) is 0 Å². The molecule has 2 aromatic carbocycles. The molecule has 0 atom stereocenters. The van der Waals surface area contributed by atoms with Crippen molar-refractivity contribution < 1.29 is 9.72 Å². The number of nitrogens with one attached hydrogen (secondary N) is 3. The van der Waals surface area contributed by atoms with Gasteiger partial charge in [-0.25, -0.2) is 9.97 Å². The summed E-state index contributed by atoms with van der Waals surface area (Å²) < 4.78 is 0. The fourth-order valence-corrected chi connectivity index (χ4v) is 2.48. The van der Waals surface area contributed by atoms with Gasteiger partial charge >= 0.3 is 5.69 Å². The predicted molar refractivity (Wildman–Crippen MR) is 105 cm³/mol. The third-order valence-electron chi connectivity index (χ3n) is 3.64. The molecule has 0 saturated heterocycles. The van der Waals surface area contributed by atoms with E-state index in [0.717, 1.165) is 11.9 Å². The van der Waals surface area contributed by atoms with Crippen LogP contribution in [0.4, 0.5) is 23.0 Å². The standard InChI is InChI=1S/C18H15ClN6O3/c19-13-6-8-14(9-7-13)22-17-16(25(27)28)18(21-11-20-17)24-23-15(26)10-12-4-2-1-3-5-12/h1-9,11H,10H2,(H,23,26)(H2,20,21,22,24). The molecule has 0 bridgehead atoms. The van der Waals surface area contributed by atoms with Crippen LogP contribution in [0, 0.1) is 10.1 Å². The first-order valence-corrected chi connectivity index (χ1v) is 8.51. The van der Waals surface area contributed by atoms with Crippen molar-refractivity contribution in [2.75, 3.05) is 10.7 Å². The second kappa shape index (κ2) is 8.78. The molecular formula is C18H15ClN6O3. The molecule has 0 fully saturated rings. The monoisotopic (exact) mass is 398 g/mol. The second-order valence-corrected chi connectivity index (χ2v) is 6.08. The fourth-order valence-electron chi connectivity index (χ4n) is 2.36. The van der Waals surface area contributed by atoms with Crippen LogP contribution in [0.25, 0.3) is 0 Å². The average Bonchev–Trinajstić information content (AvgIpc) is 2.69. The number of carbonyl (C=O) groups is 1. The molecule has 0 spiro atoms. The Kier molecular flexibility index (Phi) is 5.97. The highest BCUT2D eigenvalue weighted by molar-refractivity contribution is 6.30. The third kappa shape index (κ3) is 4.92. The Bertz CT molecular complexity index is 982. The largest absolute Gasteiger partial charge is 0.355 e. The number of aromatic nitrogens is 2. The van der Waals surface area contributed by atoms with Crippen LogP contribution < -0.4 is 16.2 Å². The van der Waals surface area contributed by atoms with Crippen LogP contribution in [-0.2, 0) is 11.2 Å². The van der Waals surface area contributed by atoms with E-state index in [9.17, 15) is 14.9 Å². The lowest BCUT2D eigenvalue weighted by Gasteiger charge is -2.11. The van der Waals surface area contributed by atoms with Gasteiger partial charge in [-0.2, -0.15) is 0 Å². The Morgan fingerprint density at radius 1 is 1.04 bits per heavy atom. The number of benzene rings is 2. The summed E-state index contributed by atoms with van der Waals surface area (Å²) in [6, 6.07) is 15.7. The SMILES string of the molecule is O=C(Cc1ccccc1)NNc1ncnc(Nc2ccc(Cl)cc2)c1[N+](=O)[O-]. The quantitative estimate of drug-likeness (QED) is 0.411. The van der Waals surface area contributed by atoms with Gasteiger partial charge in [-0.05, 0) is 29.8 Å². The normalized spacial score (nSPS) is 10.2. The molecule has 1 amide bonds. The number of nitrogens with zero attached hydrogens (tertiary/aromatic N) is 3. The Morgan fingerprint density at radius 3 is 2.39 bits per heavy atom. The third-order valence-corrected chi connectivity index (χ3v) is 3.89. The first-order valence-electron chi connectivity index (χ1n) is 8.13. The van der Waals surface area contributed by atoms with Crippen LogP contribution in [0.3, 0.4) is 0 Å². The van der Waals surface area contributed by atoms with E-state index in [1.165, 1.54) is 0 Å². The van der Waals surface area contributed by atoms with Crippen LogP contribution in [0.1, 0.15) is 5.56 Å². The van der Waals surface area contributed by atoms with Gasteiger partial charge in [0.05, 0.1) is 11.3 Å². The van der Waals surface area contributed by atoms with Crippen LogP contribution in [0.15, 0.2) is 60.9 Å². The Hall–Kier alpha value is -3.72. The van der Waals surface area contributed by atoms with Crippen molar-refractivity contribution in [2.24, 2.45) is 0 Å². The Labute approximate surface area is 164 Å². The summed E-state index contributed by atoms with van der Waals surface area (Å²) in [4.78, 5) is 30.7. The number of rotatable bonds is 7. The summed E-state index contributed by atoms with van der Waals surface area (Å²) >= 11 is 5.84. The summed E-state index contributed by atoms with van der Waals surface area (Å²) in [7, 11) is 0. The summed E-state index contributed by atoms with van der Waals surface area (Å²) in [5.74, 6) is -0.536. The van der Waals surface area contributed by atoms with E-state index in [1.807, 2.05) is 18.2 Å². The maximum absolute atomic E-state index is 12.1. The van der Waals surface area contributed by atoms with E-state index >= 15 is 0 Å². The molecule has 10 heteroatoms. The molecule has 28 heavy (non-hydrogen) atoms. The van der Waals surface area contributed by atoms with Crippen molar-refractivity contribution in [1.82, 2.24) is 15.4 Å². The molecule has 3 N–H and O–H groups in total. The zero-order valence-corrected chi connectivity index (χ0v) is 15.2. The maximum Gasteiger partial charge on any atom is 0.355 e. The van der Waals surface area contributed by atoms with Crippen LogP contribution in [0.2, 0.25) is 5.02 Å². The van der Waals surface area contributed by atoms with E-state index in [2.05, 4.69) is 26.1 Å². The summed E-state index contributed by atoms with van der Waals surface area (Å²) in [6.07, 6.45) is 1.26. The highest BCUT2D eigenvalue weighted by atomic mass is 35.5. The van der Waals surface area contributed by atoms with Gasteiger partial charge in [0.1, 0.15) is 6.33 Å². The van der Waals surface area contributed by atoms with E-state index in [0.29, 0.717) is 10.7 Å². The molecule has 9 nitrogen and oxygen atoms in total. The van der Waals surface area contributed by atoms with Crippen molar-refractivity contribution in [1.29, 1.82) is 0 Å². The van der Waals surface area contributed by atoms with E-state index in [-0.39, 0.29) is 24.0 Å². The summed E-state index contributed by atoms with van der Waals surface area (Å²) in [5.41, 5.74) is 5.87. The topological polar surface area (TPSA) is 122 Å². The highest BCUT2D eigenvalue weighted by Crippen LogP contribution is 2.30. The molecule has 0 aliphatic carbocycles. The van der Waals surface area contributed by atoms with Gasteiger partial charge in [0, 0.05) is 10.7 Å². The minimum atomic E-state index is -0.635. The molecule has 0 aliphatic heterocycles. The van der Waals surface area contributed by atoms with Crippen molar-refractivity contribution in [3.8, 4) is 0 Å². The minimum Gasteiger partial charge on any atom is -0.334 e. The molecule has 0 unspecified atom stereocenters. The Balaban J connectivity index is 1.74. The molecule has 1 aromatic heterocycles. The zero-order valence-electron chi connectivity index (χ0n) is 14.4. The molecule has 0 saturated carbocycles. The van der Waals surface area contributed by atoms with Gasteiger partial charge < -0.3 is 5.32 Å². The van der Waals surface area contributed by atoms with Crippen molar-refractivity contribution in [2.45, 2.75) is 6.42 Å². The summed E-state index contributed by atoms with van der Waals surface area (Å²) in [5, 5.41) is 14.9. The number of hydrogen-bond acceptors (Lipinski definition) is 7. The highest BCUT2D eigenvalue weighted by Gasteiger charge is 2.23. The molecule has 0 aliphatic rings. The number of amides is 1. The molecular weight excluding hydrogens is 384 g/mol. The Morgan fingerprint density at radius 2 is 1.71 bits per heavy atom. The van der Waals surface area contributed by atoms with Crippen molar-refractivity contribution in [3.05, 3.63) is 81.6 Å². The van der Waals surface area contributed by atoms with Crippen LogP contribution in [0.5, 0.6) is 0 Å². The summed E-state index contributed by atoms with van der Waals surface area (Å²) in [6.45, 7) is 0. The molecule has 3 rings (SSSR count). The number of hydrogen-bond donors (Lipinski definition) is 3. The van der Waals surface area contributed by atoms with Gasteiger partial charge in [-0.15, -0.1) is 0 Å². The molecule has 0 radical (unpaired) electrons. The van der Waals surface area contributed by atoms with Crippen molar-refractivity contribution in [3.63, 3.8) is 0 Å². The fraction of sp³-hybridized carbons (Fsp3) is 0.0556. The van der Waals surface area contributed by atoms with E-state index < -0.39 is 10.6 Å². The lowest BCUT2D eigenvalue weighted by atomic mass is 10.1. The smallest absolute Gasteiger partial charge is 0.334 e. The van der Waals surface area contributed by atoms with Crippen LogP contribution >= 0.6 is 11.6 Å². The number of nitro groups is 1. The van der Waals surface area contributed by atoms with Gasteiger partial charge in [0.2, 0.25) is 17.5 Å². The first-order chi connectivity index (χ1) is 13.5. The van der Waals surface area contributed by atoms with E-state index in [4.69, 9.17) is 11.6 Å². The second-order valence-electron chi connectivity index (χ2n) is 5.64. The van der Waals surface area contributed by atoms with Gasteiger partial charge in [-0.3, -0.25) is 25.8 Å². The lowest BCUT2D eigenvalue weighted by Crippen LogP contribution is -2.31. The van der Waals surface area contributed by atoms with Crippen molar-refractivity contribution >= 4 is 40.5 Å². The lowest BCUT2D eigenvalue weighted by molar-refractivity contribution is -0.383. The molecule has 3 aromatic rings. The number of carbonyl (C=O) groups excluding carboxylic acids is 1. The first kappa shape index (κ1) is 19.1. The average molecular weight is 399 g/mol. The number of anilines is 3. The zero-order chi connectivity index (χ0) is 19.9. The molecule has 142 valence electrons.